The van der Waals surface area contributed by atoms with Gasteiger partial charge in [0.2, 0.25) is 0 Å². The minimum absolute atomic E-state index is 0.186. The number of ether oxygens (including phenoxy) is 2. The van der Waals surface area contributed by atoms with E-state index in [-0.39, 0.29) is 10.8 Å². The Balaban J connectivity index is 2.03. The van der Waals surface area contributed by atoms with E-state index in [0.29, 0.717) is 23.8 Å². The third-order valence-corrected chi connectivity index (χ3v) is 3.62. The first-order valence-electron chi connectivity index (χ1n) is 7.70. The highest BCUT2D eigenvalue weighted by Gasteiger charge is 2.31. The molecule has 1 aromatic carbocycles. The summed E-state index contributed by atoms with van der Waals surface area (Å²) in [5.41, 5.74) is -0.111. The van der Waals surface area contributed by atoms with Crippen LogP contribution in [-0.4, -0.2) is 24.6 Å². The highest BCUT2D eigenvalue weighted by Crippen LogP contribution is 2.32. The summed E-state index contributed by atoms with van der Waals surface area (Å²) in [6.45, 7) is 1.47. The summed E-state index contributed by atoms with van der Waals surface area (Å²) in [5.74, 6) is -0.0473. The van der Waals surface area contributed by atoms with E-state index in [1.807, 2.05) is 19.1 Å². The second-order valence-corrected chi connectivity index (χ2v) is 5.71. The van der Waals surface area contributed by atoms with E-state index >= 15 is 0 Å². The Morgan fingerprint density at radius 1 is 1.30 bits per heavy atom. The molecule has 0 saturated heterocycles. The van der Waals surface area contributed by atoms with Crippen LogP contribution in [0, 0.1) is 0 Å². The number of carbonyl (C=O) groups is 1. The number of halogens is 4. The van der Waals surface area contributed by atoms with Crippen LogP contribution in [0.5, 0.6) is 11.5 Å². The first-order chi connectivity index (χ1) is 12.7. The number of allylic oxidation sites excluding steroid dienone is 1. The number of aromatic nitrogens is 1. The highest BCUT2D eigenvalue weighted by molar-refractivity contribution is 6.33. The Morgan fingerprint density at radius 3 is 2.63 bits per heavy atom. The predicted octanol–water partition coefficient (Wildman–Crippen LogP) is 4.81. The Hall–Kier alpha value is -2.74. The summed E-state index contributed by atoms with van der Waals surface area (Å²) in [6, 6.07) is 5.85. The van der Waals surface area contributed by atoms with Crippen LogP contribution in [0.2, 0.25) is 5.02 Å². The first kappa shape index (κ1) is 20.6. The van der Waals surface area contributed by atoms with E-state index in [9.17, 15) is 18.0 Å². The van der Waals surface area contributed by atoms with Crippen LogP contribution >= 0.6 is 11.6 Å². The quantitative estimate of drug-likeness (QED) is 0.755. The van der Waals surface area contributed by atoms with E-state index in [1.165, 1.54) is 7.11 Å². The SMILES string of the molecule is C/C=C/c1ccc(OCC(=O)Nc2ncc(C(F)(F)F)cc2Cl)c(OC)c1. The van der Waals surface area contributed by atoms with Gasteiger partial charge in [-0.3, -0.25) is 4.79 Å². The van der Waals surface area contributed by atoms with E-state index < -0.39 is 24.3 Å². The lowest BCUT2D eigenvalue weighted by Crippen LogP contribution is -2.21. The Kier molecular flexibility index (Phi) is 6.68. The number of nitrogens with one attached hydrogen (secondary N) is 1. The van der Waals surface area contributed by atoms with E-state index in [2.05, 4.69) is 10.3 Å². The Morgan fingerprint density at radius 2 is 2.04 bits per heavy atom. The molecule has 0 aliphatic carbocycles. The number of nitrogens with zero attached hydrogens (tertiary/aromatic N) is 1. The summed E-state index contributed by atoms with van der Waals surface area (Å²) in [7, 11) is 1.47. The van der Waals surface area contributed by atoms with Crippen LogP contribution < -0.4 is 14.8 Å². The molecule has 0 aliphatic rings. The maximum absolute atomic E-state index is 12.6. The van der Waals surface area contributed by atoms with Crippen LogP contribution in [-0.2, 0) is 11.0 Å². The zero-order valence-electron chi connectivity index (χ0n) is 14.4. The summed E-state index contributed by atoms with van der Waals surface area (Å²) in [5, 5.41) is 1.97. The number of benzene rings is 1. The minimum atomic E-state index is -4.57. The molecule has 0 bridgehead atoms. The largest absolute Gasteiger partial charge is 0.493 e. The maximum atomic E-state index is 12.6. The van der Waals surface area contributed by atoms with Gasteiger partial charge in [0.25, 0.3) is 5.91 Å². The molecule has 1 N–H and O–H groups in total. The molecule has 144 valence electrons. The summed E-state index contributed by atoms with van der Waals surface area (Å²) in [4.78, 5) is 15.5. The highest BCUT2D eigenvalue weighted by atomic mass is 35.5. The van der Waals surface area contributed by atoms with Crippen molar-refractivity contribution in [1.29, 1.82) is 0 Å². The van der Waals surface area contributed by atoms with Gasteiger partial charge in [-0.05, 0) is 30.7 Å². The molecule has 0 unspecified atom stereocenters. The molecule has 1 aromatic heterocycles. The maximum Gasteiger partial charge on any atom is 0.417 e. The average molecular weight is 401 g/mol. The average Bonchev–Trinajstić information content (AvgIpc) is 2.61. The topological polar surface area (TPSA) is 60.5 Å². The van der Waals surface area contributed by atoms with Crippen molar-refractivity contribution in [3.05, 3.63) is 52.7 Å². The molecule has 0 radical (unpaired) electrons. The van der Waals surface area contributed by atoms with E-state index in [1.54, 1.807) is 18.2 Å². The van der Waals surface area contributed by atoms with Crippen molar-refractivity contribution in [2.45, 2.75) is 13.1 Å². The first-order valence-corrected chi connectivity index (χ1v) is 8.08. The number of hydrogen-bond donors (Lipinski definition) is 1. The fourth-order valence-corrected chi connectivity index (χ4v) is 2.31. The van der Waals surface area contributed by atoms with Crippen molar-refractivity contribution in [1.82, 2.24) is 4.98 Å². The van der Waals surface area contributed by atoms with Gasteiger partial charge in [0.15, 0.2) is 23.9 Å². The standard InChI is InChI=1S/C18H16ClF3N2O3/c1-3-4-11-5-6-14(15(7-11)26-2)27-10-16(25)24-17-13(19)8-12(9-23-17)18(20,21)22/h3-9H,10H2,1-2H3,(H,23,24,25)/b4-3+. The number of hydrogen-bond acceptors (Lipinski definition) is 4. The molecule has 1 amide bonds. The lowest BCUT2D eigenvalue weighted by molar-refractivity contribution is -0.137. The zero-order valence-corrected chi connectivity index (χ0v) is 15.2. The second-order valence-electron chi connectivity index (χ2n) is 5.30. The molecule has 0 atom stereocenters. The van der Waals surface area contributed by atoms with Gasteiger partial charge in [0, 0.05) is 6.20 Å². The second kappa shape index (κ2) is 8.77. The van der Waals surface area contributed by atoms with E-state index in [0.717, 1.165) is 5.56 Å². The fourth-order valence-electron chi connectivity index (χ4n) is 2.10. The molecule has 5 nitrogen and oxygen atoms in total. The molecular formula is C18H16ClF3N2O3. The lowest BCUT2D eigenvalue weighted by atomic mass is 10.2. The molecule has 0 saturated carbocycles. The van der Waals surface area contributed by atoms with Gasteiger partial charge >= 0.3 is 6.18 Å². The van der Waals surface area contributed by atoms with Gasteiger partial charge in [0.1, 0.15) is 0 Å². The smallest absolute Gasteiger partial charge is 0.417 e. The molecule has 27 heavy (non-hydrogen) atoms. The van der Waals surface area contributed by atoms with Gasteiger partial charge < -0.3 is 14.8 Å². The Labute approximate surface area is 158 Å². The van der Waals surface area contributed by atoms with Gasteiger partial charge in [-0.15, -0.1) is 0 Å². The van der Waals surface area contributed by atoms with Crippen molar-refractivity contribution in [3.8, 4) is 11.5 Å². The van der Waals surface area contributed by atoms with Gasteiger partial charge in [-0.1, -0.05) is 29.8 Å². The van der Waals surface area contributed by atoms with Crippen LogP contribution in [0.3, 0.4) is 0 Å². The molecule has 0 fully saturated rings. The number of pyridine rings is 1. The lowest BCUT2D eigenvalue weighted by Gasteiger charge is -2.12. The molecule has 2 rings (SSSR count). The summed E-state index contributed by atoms with van der Waals surface area (Å²) >= 11 is 5.75. The molecule has 1 heterocycles. The fraction of sp³-hybridized carbons (Fsp3) is 0.222. The van der Waals surface area contributed by atoms with Crippen molar-refractivity contribution in [3.63, 3.8) is 0 Å². The predicted molar refractivity (Wildman–Crippen MR) is 96.1 cm³/mol. The third kappa shape index (κ3) is 5.62. The van der Waals surface area contributed by atoms with Crippen LogP contribution in [0.15, 0.2) is 36.5 Å². The molecule has 0 spiro atoms. The van der Waals surface area contributed by atoms with Crippen LogP contribution in [0.1, 0.15) is 18.1 Å². The normalized spacial score (nSPS) is 11.5. The molecular weight excluding hydrogens is 385 g/mol. The third-order valence-electron chi connectivity index (χ3n) is 3.33. The minimum Gasteiger partial charge on any atom is -0.493 e. The number of alkyl halides is 3. The number of carbonyl (C=O) groups excluding carboxylic acids is 1. The summed E-state index contributed by atoms with van der Waals surface area (Å²) < 4.78 is 48.4. The number of methoxy groups -OCH3 is 1. The van der Waals surface area contributed by atoms with Crippen molar-refractivity contribution in [2.24, 2.45) is 0 Å². The van der Waals surface area contributed by atoms with Gasteiger partial charge in [0.05, 0.1) is 17.7 Å². The molecule has 9 heteroatoms. The van der Waals surface area contributed by atoms with Crippen LogP contribution in [0.4, 0.5) is 19.0 Å². The van der Waals surface area contributed by atoms with Crippen molar-refractivity contribution in [2.75, 3.05) is 19.0 Å². The Bertz CT molecular complexity index is 854. The number of anilines is 1. The van der Waals surface area contributed by atoms with Crippen molar-refractivity contribution >= 4 is 29.4 Å². The summed E-state index contributed by atoms with van der Waals surface area (Å²) in [6.07, 6.45) is -0.246. The van der Waals surface area contributed by atoms with Gasteiger partial charge in [-0.2, -0.15) is 13.2 Å². The molecule has 0 aliphatic heterocycles. The monoisotopic (exact) mass is 400 g/mol. The zero-order chi connectivity index (χ0) is 20.0. The number of amides is 1. The van der Waals surface area contributed by atoms with Crippen molar-refractivity contribution < 1.29 is 27.4 Å². The molecule has 2 aromatic rings. The number of rotatable bonds is 6. The van der Waals surface area contributed by atoms with E-state index in [4.69, 9.17) is 21.1 Å². The van der Waals surface area contributed by atoms with Gasteiger partial charge in [-0.25, -0.2) is 4.98 Å². The van der Waals surface area contributed by atoms with Crippen LogP contribution in [0.25, 0.3) is 6.08 Å².